The van der Waals surface area contributed by atoms with E-state index in [4.69, 9.17) is 13.7 Å². The molecule has 8 heteroatoms. The van der Waals surface area contributed by atoms with Crippen LogP contribution in [0.1, 0.15) is 6.42 Å². The van der Waals surface area contributed by atoms with Gasteiger partial charge < -0.3 is 18.5 Å². The predicted octanol–water partition coefficient (Wildman–Crippen LogP) is 3.08. The molecule has 0 heterocycles. The minimum atomic E-state index is -1.73. The normalized spacial score (nSPS) is 15.3. The van der Waals surface area contributed by atoms with Crippen LogP contribution < -0.4 is 0 Å². The van der Waals surface area contributed by atoms with Crippen LogP contribution in [0.5, 0.6) is 0 Å². The molecular weight excluding hydrogens is 304 g/mol. The number of hydrogen-bond acceptors (Lipinski definition) is 6. The summed E-state index contributed by atoms with van der Waals surface area (Å²) in [5.74, 6) is 0. The van der Waals surface area contributed by atoms with E-state index in [0.717, 1.165) is 5.71 Å². The van der Waals surface area contributed by atoms with Crippen LogP contribution in [0.25, 0.3) is 0 Å². The highest BCUT2D eigenvalue weighted by Gasteiger charge is 2.27. The maximum Gasteiger partial charge on any atom is 0.184 e. The van der Waals surface area contributed by atoms with Gasteiger partial charge in [0, 0.05) is 12.6 Å². The third kappa shape index (κ3) is 11.6. The van der Waals surface area contributed by atoms with Gasteiger partial charge in [-0.3, -0.25) is 0 Å². The smallest absolute Gasteiger partial charge is 0.184 e. The van der Waals surface area contributed by atoms with E-state index >= 15 is 0 Å². The van der Waals surface area contributed by atoms with Gasteiger partial charge in [0.15, 0.2) is 16.6 Å². The molecule has 0 N–H and O–H groups in total. The summed E-state index contributed by atoms with van der Waals surface area (Å²) in [6.07, 6.45) is 1.94. The number of rotatable bonds is 10. The Hall–Kier alpha value is -0.706. The van der Waals surface area contributed by atoms with E-state index < -0.39 is 16.6 Å². The lowest BCUT2D eigenvalue weighted by Crippen LogP contribution is -2.42. The van der Waals surface area contributed by atoms with E-state index in [-0.39, 0.29) is 6.10 Å². The Bertz CT molecular complexity index is 349. The van der Waals surface area contributed by atoms with Crippen molar-refractivity contribution in [3.05, 3.63) is 0 Å². The van der Waals surface area contributed by atoms with Gasteiger partial charge in [-0.1, -0.05) is 10.3 Å². The zero-order chi connectivity index (χ0) is 16.5. The molecule has 1 atom stereocenters. The minimum Gasteiger partial charge on any atom is -0.415 e. The molecule has 0 aliphatic heterocycles. The standard InChI is InChI=1S/C13H30N2O4Si2/c1-16-14-10-9-12(15-17-2)13(19-21(6,7)8)11-18-20(3,4)5/h10,13H,9,11H2,1-8H3/b14-10-,15-12-. The molecule has 0 amide bonds. The fourth-order valence-corrected chi connectivity index (χ4v) is 3.21. The van der Waals surface area contributed by atoms with Crippen LogP contribution in [0.3, 0.4) is 0 Å². The molecule has 0 aliphatic rings. The fraction of sp³-hybridized carbons (Fsp3) is 0.846. The first-order chi connectivity index (χ1) is 9.59. The Morgan fingerprint density at radius 3 is 2.05 bits per heavy atom. The average Bonchev–Trinajstić information content (AvgIpc) is 2.31. The lowest BCUT2D eigenvalue weighted by atomic mass is 10.2. The molecule has 124 valence electrons. The van der Waals surface area contributed by atoms with E-state index in [1.165, 1.54) is 14.2 Å². The van der Waals surface area contributed by atoms with Gasteiger partial charge in [-0.2, -0.15) is 0 Å². The summed E-state index contributed by atoms with van der Waals surface area (Å²) in [4.78, 5) is 9.62. The van der Waals surface area contributed by atoms with Crippen LogP contribution in [0.2, 0.25) is 39.3 Å². The SMILES string of the molecule is CO/N=C\C/C(=N/OC)C(CO[Si](C)(C)C)O[Si](C)(C)C. The maximum absolute atomic E-state index is 6.20. The van der Waals surface area contributed by atoms with Crippen LogP contribution in [-0.4, -0.2) is 55.5 Å². The second kappa shape index (κ2) is 9.34. The van der Waals surface area contributed by atoms with Gasteiger partial charge in [0.25, 0.3) is 0 Å². The summed E-state index contributed by atoms with van der Waals surface area (Å²) in [6.45, 7) is 13.4. The van der Waals surface area contributed by atoms with E-state index in [9.17, 15) is 0 Å². The summed E-state index contributed by atoms with van der Waals surface area (Å²) in [6, 6.07) is 0. The number of hydrogen-bond donors (Lipinski definition) is 0. The zero-order valence-electron chi connectivity index (χ0n) is 14.6. The summed E-state index contributed by atoms with van der Waals surface area (Å²) in [5, 5.41) is 7.83. The van der Waals surface area contributed by atoms with Gasteiger partial charge in [-0.15, -0.1) is 0 Å². The first-order valence-corrected chi connectivity index (χ1v) is 13.9. The number of nitrogens with zero attached hydrogens (tertiary/aromatic N) is 2. The Morgan fingerprint density at radius 1 is 1.00 bits per heavy atom. The molecule has 0 aromatic rings. The zero-order valence-corrected chi connectivity index (χ0v) is 16.6. The summed E-state index contributed by atoms with van der Waals surface area (Å²) < 4.78 is 12.2. The van der Waals surface area contributed by atoms with Gasteiger partial charge in [0.2, 0.25) is 0 Å². The van der Waals surface area contributed by atoms with Crippen LogP contribution in [-0.2, 0) is 18.5 Å². The van der Waals surface area contributed by atoms with E-state index in [1.807, 2.05) is 0 Å². The van der Waals surface area contributed by atoms with Crippen LogP contribution in [0.4, 0.5) is 0 Å². The third-order valence-corrected chi connectivity index (χ3v) is 4.25. The van der Waals surface area contributed by atoms with Crippen LogP contribution in [0, 0.1) is 0 Å². The topological polar surface area (TPSA) is 61.6 Å². The Balaban J connectivity index is 5.01. The molecule has 0 aromatic carbocycles. The minimum absolute atomic E-state index is 0.216. The molecule has 0 saturated heterocycles. The summed E-state index contributed by atoms with van der Waals surface area (Å²) in [5.41, 5.74) is 0.763. The Labute approximate surface area is 130 Å². The molecule has 0 aromatic heterocycles. The lowest BCUT2D eigenvalue weighted by molar-refractivity contribution is 0.155. The second-order valence-corrected chi connectivity index (χ2v) is 15.6. The van der Waals surface area contributed by atoms with Gasteiger partial charge >= 0.3 is 0 Å². The molecule has 0 radical (unpaired) electrons. The highest BCUT2D eigenvalue weighted by molar-refractivity contribution is 6.70. The van der Waals surface area contributed by atoms with Crippen molar-refractivity contribution in [2.45, 2.75) is 51.8 Å². The van der Waals surface area contributed by atoms with Gasteiger partial charge in [-0.05, 0) is 39.3 Å². The van der Waals surface area contributed by atoms with Crippen molar-refractivity contribution in [3.63, 3.8) is 0 Å². The lowest BCUT2D eigenvalue weighted by Gasteiger charge is -2.29. The van der Waals surface area contributed by atoms with Gasteiger partial charge in [0.1, 0.15) is 20.3 Å². The van der Waals surface area contributed by atoms with Crippen LogP contribution >= 0.6 is 0 Å². The van der Waals surface area contributed by atoms with E-state index in [1.54, 1.807) is 6.21 Å². The van der Waals surface area contributed by atoms with Crippen LogP contribution in [0.15, 0.2) is 10.3 Å². The fourth-order valence-electron chi connectivity index (χ4n) is 1.50. The molecule has 0 saturated carbocycles. The molecule has 0 spiro atoms. The van der Waals surface area contributed by atoms with Crippen molar-refractivity contribution in [1.82, 2.24) is 0 Å². The second-order valence-electron chi connectivity index (χ2n) is 6.58. The quantitative estimate of drug-likeness (QED) is 0.350. The third-order valence-electron chi connectivity index (χ3n) is 2.22. The van der Waals surface area contributed by atoms with Crippen molar-refractivity contribution in [3.8, 4) is 0 Å². The number of oxime groups is 2. The van der Waals surface area contributed by atoms with Gasteiger partial charge in [0.05, 0.1) is 12.3 Å². The first-order valence-electron chi connectivity index (χ1n) is 7.05. The molecule has 0 bridgehead atoms. The largest absolute Gasteiger partial charge is 0.415 e. The highest BCUT2D eigenvalue weighted by Crippen LogP contribution is 2.13. The van der Waals surface area contributed by atoms with E-state index in [2.05, 4.69) is 54.4 Å². The Kier molecular flexibility index (Phi) is 9.03. The molecule has 0 aliphatic carbocycles. The predicted molar refractivity (Wildman–Crippen MR) is 92.1 cm³/mol. The van der Waals surface area contributed by atoms with Crippen molar-refractivity contribution in [2.75, 3.05) is 20.8 Å². The van der Waals surface area contributed by atoms with Crippen molar-refractivity contribution in [2.24, 2.45) is 10.3 Å². The van der Waals surface area contributed by atoms with Crippen molar-refractivity contribution < 1.29 is 18.5 Å². The summed E-state index contributed by atoms with van der Waals surface area (Å²) in [7, 11) is -0.320. The van der Waals surface area contributed by atoms with Crippen molar-refractivity contribution in [1.29, 1.82) is 0 Å². The molecule has 21 heavy (non-hydrogen) atoms. The first kappa shape index (κ1) is 20.3. The highest BCUT2D eigenvalue weighted by atomic mass is 28.4. The molecule has 6 nitrogen and oxygen atoms in total. The molecule has 0 fully saturated rings. The van der Waals surface area contributed by atoms with E-state index in [0.29, 0.717) is 13.0 Å². The monoisotopic (exact) mass is 334 g/mol. The molecular formula is C13H30N2O4Si2. The maximum atomic E-state index is 6.20. The average molecular weight is 335 g/mol. The molecule has 0 rings (SSSR count). The van der Waals surface area contributed by atoms with Crippen molar-refractivity contribution >= 4 is 28.6 Å². The van der Waals surface area contributed by atoms with Gasteiger partial charge in [-0.25, -0.2) is 0 Å². The summed E-state index contributed by atoms with van der Waals surface area (Å²) >= 11 is 0. The Morgan fingerprint density at radius 2 is 1.62 bits per heavy atom. The molecule has 1 unspecified atom stereocenters.